The van der Waals surface area contributed by atoms with Crippen molar-refractivity contribution in [2.24, 2.45) is 0 Å². The Kier molecular flexibility index (Phi) is 1.89. The SMILES string of the molecule is COC(=O)OC1=Cc2ccc(O)cc21. The quantitative estimate of drug-likeness (QED) is 0.691. The largest absolute Gasteiger partial charge is 0.513 e. The van der Waals surface area contributed by atoms with E-state index in [1.54, 1.807) is 18.2 Å². The van der Waals surface area contributed by atoms with Gasteiger partial charge in [-0.25, -0.2) is 4.79 Å². The van der Waals surface area contributed by atoms with Gasteiger partial charge in [-0.1, -0.05) is 6.07 Å². The van der Waals surface area contributed by atoms with Gasteiger partial charge in [-0.2, -0.15) is 0 Å². The summed E-state index contributed by atoms with van der Waals surface area (Å²) in [4.78, 5) is 10.8. The van der Waals surface area contributed by atoms with E-state index in [9.17, 15) is 9.90 Å². The second-order valence-corrected chi connectivity index (χ2v) is 2.84. The molecule has 0 radical (unpaired) electrons. The third-order valence-corrected chi connectivity index (χ3v) is 1.95. The van der Waals surface area contributed by atoms with Crippen molar-refractivity contribution in [2.45, 2.75) is 0 Å². The minimum atomic E-state index is -0.759. The number of aromatic hydroxyl groups is 1. The van der Waals surface area contributed by atoms with Crippen LogP contribution in [0, 0.1) is 0 Å². The molecule has 4 heteroatoms. The molecule has 0 bridgehead atoms. The van der Waals surface area contributed by atoms with Crippen LogP contribution in [0.15, 0.2) is 18.2 Å². The van der Waals surface area contributed by atoms with E-state index < -0.39 is 6.16 Å². The number of phenolic OH excluding ortho intramolecular Hbond substituents is 1. The van der Waals surface area contributed by atoms with E-state index >= 15 is 0 Å². The van der Waals surface area contributed by atoms with Crippen molar-refractivity contribution in [3.05, 3.63) is 29.3 Å². The van der Waals surface area contributed by atoms with Crippen LogP contribution in [-0.4, -0.2) is 18.4 Å². The minimum absolute atomic E-state index is 0.141. The first-order valence-electron chi connectivity index (χ1n) is 4.01. The molecule has 72 valence electrons. The van der Waals surface area contributed by atoms with Crippen molar-refractivity contribution in [3.8, 4) is 5.75 Å². The molecular formula is C10H8O4. The van der Waals surface area contributed by atoms with Crippen LogP contribution < -0.4 is 0 Å². The molecule has 1 aromatic rings. The third-order valence-electron chi connectivity index (χ3n) is 1.95. The maximum absolute atomic E-state index is 10.8. The van der Waals surface area contributed by atoms with Crippen LogP contribution in [0.3, 0.4) is 0 Å². The third kappa shape index (κ3) is 1.31. The van der Waals surface area contributed by atoms with Gasteiger partial charge in [0.05, 0.1) is 7.11 Å². The predicted octanol–water partition coefficient (Wildman–Crippen LogP) is 1.99. The van der Waals surface area contributed by atoms with Crippen LogP contribution >= 0.6 is 0 Å². The molecule has 0 heterocycles. The molecule has 0 unspecified atom stereocenters. The maximum Gasteiger partial charge on any atom is 0.513 e. The Morgan fingerprint density at radius 2 is 2.21 bits per heavy atom. The van der Waals surface area contributed by atoms with Gasteiger partial charge in [-0.3, -0.25) is 0 Å². The Labute approximate surface area is 80.4 Å². The Balaban J connectivity index is 2.17. The lowest BCUT2D eigenvalue weighted by Gasteiger charge is -2.18. The number of hydrogen-bond donors (Lipinski definition) is 1. The van der Waals surface area contributed by atoms with Crippen LogP contribution in [-0.2, 0) is 9.47 Å². The number of carbonyl (C=O) groups excluding carboxylic acids is 1. The Bertz CT molecular complexity index is 420. The number of phenols is 1. The molecule has 0 aliphatic heterocycles. The maximum atomic E-state index is 10.8. The molecule has 1 aliphatic rings. The number of benzene rings is 1. The van der Waals surface area contributed by atoms with E-state index in [-0.39, 0.29) is 5.75 Å². The van der Waals surface area contributed by atoms with E-state index in [1.165, 1.54) is 13.2 Å². The van der Waals surface area contributed by atoms with Gasteiger partial charge >= 0.3 is 6.16 Å². The van der Waals surface area contributed by atoms with Gasteiger partial charge < -0.3 is 14.6 Å². The molecule has 14 heavy (non-hydrogen) atoms. The van der Waals surface area contributed by atoms with E-state index in [0.717, 1.165) is 11.1 Å². The lowest BCUT2D eigenvalue weighted by molar-refractivity contribution is 0.112. The number of ether oxygens (including phenoxy) is 2. The summed E-state index contributed by atoms with van der Waals surface area (Å²) in [5, 5.41) is 9.18. The first-order valence-corrected chi connectivity index (χ1v) is 4.01. The van der Waals surface area contributed by atoms with E-state index in [4.69, 9.17) is 4.74 Å². The van der Waals surface area contributed by atoms with Crippen molar-refractivity contribution >= 4 is 18.0 Å². The summed E-state index contributed by atoms with van der Waals surface area (Å²) in [7, 11) is 1.24. The van der Waals surface area contributed by atoms with Crippen molar-refractivity contribution in [1.29, 1.82) is 0 Å². The number of methoxy groups -OCH3 is 1. The molecule has 0 saturated carbocycles. The van der Waals surface area contributed by atoms with Gasteiger partial charge in [-0.05, 0) is 23.8 Å². The summed E-state index contributed by atoms with van der Waals surface area (Å²) in [6, 6.07) is 4.85. The highest BCUT2D eigenvalue weighted by Crippen LogP contribution is 2.35. The average Bonchev–Trinajstić information content (AvgIpc) is 2.17. The molecule has 0 atom stereocenters. The first kappa shape index (κ1) is 8.62. The Morgan fingerprint density at radius 3 is 2.93 bits per heavy atom. The monoisotopic (exact) mass is 192 g/mol. The molecule has 0 aromatic heterocycles. The first-order chi connectivity index (χ1) is 6.70. The van der Waals surface area contributed by atoms with Gasteiger partial charge in [0.25, 0.3) is 0 Å². The Hall–Kier alpha value is -1.97. The van der Waals surface area contributed by atoms with Gasteiger partial charge in [0.1, 0.15) is 11.5 Å². The molecule has 1 aliphatic carbocycles. The van der Waals surface area contributed by atoms with E-state index in [2.05, 4.69) is 4.74 Å². The second-order valence-electron chi connectivity index (χ2n) is 2.84. The van der Waals surface area contributed by atoms with Crippen LogP contribution in [0.2, 0.25) is 0 Å². The zero-order chi connectivity index (χ0) is 10.1. The topological polar surface area (TPSA) is 55.8 Å². The zero-order valence-corrected chi connectivity index (χ0v) is 7.48. The molecule has 4 nitrogen and oxygen atoms in total. The highest BCUT2D eigenvalue weighted by Gasteiger charge is 2.20. The molecule has 1 aromatic carbocycles. The van der Waals surface area contributed by atoms with Crippen molar-refractivity contribution in [2.75, 3.05) is 7.11 Å². The van der Waals surface area contributed by atoms with Gasteiger partial charge in [0, 0.05) is 5.56 Å². The Morgan fingerprint density at radius 1 is 1.43 bits per heavy atom. The summed E-state index contributed by atoms with van der Waals surface area (Å²) in [5.41, 5.74) is 1.65. The fourth-order valence-corrected chi connectivity index (χ4v) is 1.24. The van der Waals surface area contributed by atoms with Gasteiger partial charge in [0.15, 0.2) is 0 Å². The minimum Gasteiger partial charge on any atom is -0.508 e. The van der Waals surface area contributed by atoms with Crippen molar-refractivity contribution < 1.29 is 19.4 Å². The average molecular weight is 192 g/mol. The van der Waals surface area contributed by atoms with Crippen molar-refractivity contribution in [1.82, 2.24) is 0 Å². The number of carbonyl (C=O) groups is 1. The van der Waals surface area contributed by atoms with Gasteiger partial charge in [0.2, 0.25) is 0 Å². The number of hydrogen-bond acceptors (Lipinski definition) is 4. The summed E-state index contributed by atoms with van der Waals surface area (Å²) in [6.07, 6.45) is 0.941. The van der Waals surface area contributed by atoms with Gasteiger partial charge in [-0.15, -0.1) is 0 Å². The molecule has 0 spiro atoms. The highest BCUT2D eigenvalue weighted by atomic mass is 16.7. The molecule has 2 rings (SSSR count). The fourth-order valence-electron chi connectivity index (χ4n) is 1.24. The molecular weight excluding hydrogens is 184 g/mol. The summed E-state index contributed by atoms with van der Waals surface area (Å²) in [6.45, 7) is 0. The van der Waals surface area contributed by atoms with Crippen LogP contribution in [0.5, 0.6) is 5.75 Å². The molecule has 0 amide bonds. The van der Waals surface area contributed by atoms with E-state index in [1.807, 2.05) is 0 Å². The van der Waals surface area contributed by atoms with Crippen LogP contribution in [0.1, 0.15) is 11.1 Å². The smallest absolute Gasteiger partial charge is 0.508 e. The number of fused-ring (bicyclic) bond motifs is 1. The second kappa shape index (κ2) is 3.06. The normalized spacial score (nSPS) is 12.2. The molecule has 0 fully saturated rings. The lowest BCUT2D eigenvalue weighted by Crippen LogP contribution is -2.08. The lowest BCUT2D eigenvalue weighted by atomic mass is 9.95. The summed E-state index contributed by atoms with van der Waals surface area (Å²) in [5.74, 6) is 0.561. The predicted molar refractivity (Wildman–Crippen MR) is 49.5 cm³/mol. The standard InChI is InChI=1S/C10H8O4/c1-13-10(12)14-9-4-6-2-3-7(11)5-8(6)9/h2-5,11H,1H3. The summed E-state index contributed by atoms with van der Waals surface area (Å²) < 4.78 is 9.14. The fraction of sp³-hybridized carbons (Fsp3) is 0.100. The summed E-state index contributed by atoms with van der Waals surface area (Å²) >= 11 is 0. The molecule has 1 N–H and O–H groups in total. The van der Waals surface area contributed by atoms with Crippen molar-refractivity contribution in [3.63, 3.8) is 0 Å². The zero-order valence-electron chi connectivity index (χ0n) is 7.48. The number of rotatable bonds is 1. The van der Waals surface area contributed by atoms with Crippen LogP contribution in [0.25, 0.3) is 11.8 Å². The highest BCUT2D eigenvalue weighted by molar-refractivity contribution is 5.95. The van der Waals surface area contributed by atoms with Crippen LogP contribution in [0.4, 0.5) is 4.79 Å². The van der Waals surface area contributed by atoms with E-state index in [0.29, 0.717) is 5.76 Å². The molecule has 0 saturated heterocycles.